The largest absolute Gasteiger partial charge is 0.480 e. The zero-order valence-electron chi connectivity index (χ0n) is 38.3. The van der Waals surface area contributed by atoms with Crippen LogP contribution in [0.5, 0.6) is 0 Å². The smallest absolute Gasteiger partial charge is 0.327 e. The Morgan fingerprint density at radius 2 is 0.986 bits per heavy atom. The molecule has 0 bridgehead atoms. The van der Waals surface area contributed by atoms with E-state index >= 15 is 0 Å². The predicted molar refractivity (Wildman–Crippen MR) is 263 cm³/mol. The SMILES string of the molecule is C[C@@H]1NC(=O)[C@H](CC(N)=O)NC(=O)[C@H](Cc2ccccc2)NC(=O)[C@H](Cc2ccccc2)NC(=O)[C@H](CCCNC(=N)N)NC(=O)[C@@H](N)CSSC[C@@H](C(=O)O)NC(=O)[C@H](Cc2ccccc2)NC1=O. The number of hydrogen-bond acceptors (Lipinski definition) is 13. The molecule has 8 atom stereocenters. The quantitative estimate of drug-likeness (QED) is 0.0384. The lowest BCUT2D eigenvalue weighted by atomic mass is 10.0. The van der Waals surface area contributed by atoms with Gasteiger partial charge in [-0.25, -0.2) is 4.79 Å². The summed E-state index contributed by atoms with van der Waals surface area (Å²) in [5.41, 5.74) is 19.0. The Balaban J connectivity index is 1.74. The van der Waals surface area contributed by atoms with E-state index in [1.807, 2.05) is 0 Å². The zero-order chi connectivity index (χ0) is 51.2. The second-order valence-corrected chi connectivity index (χ2v) is 18.9. The zero-order valence-corrected chi connectivity index (χ0v) is 39.9. The van der Waals surface area contributed by atoms with Crippen molar-refractivity contribution in [3.05, 3.63) is 108 Å². The van der Waals surface area contributed by atoms with E-state index in [-0.39, 0.29) is 56.1 Å². The third-order valence-electron chi connectivity index (χ3n) is 10.7. The third kappa shape index (κ3) is 19.1. The summed E-state index contributed by atoms with van der Waals surface area (Å²) in [6.07, 6.45) is -0.866. The Bertz CT molecular complexity index is 2300. The van der Waals surface area contributed by atoms with Gasteiger partial charge in [-0.15, -0.1) is 0 Å². The van der Waals surface area contributed by atoms with Crippen molar-refractivity contribution in [2.45, 2.75) is 93.8 Å². The number of benzene rings is 3. The lowest BCUT2D eigenvalue weighted by molar-refractivity contribution is -0.141. The second kappa shape index (κ2) is 28.3. The summed E-state index contributed by atoms with van der Waals surface area (Å²) in [5, 5.41) is 38.2. The van der Waals surface area contributed by atoms with Gasteiger partial charge in [0.15, 0.2) is 5.96 Å². The van der Waals surface area contributed by atoms with Gasteiger partial charge in [0, 0.05) is 37.3 Å². The molecule has 16 N–H and O–H groups in total. The van der Waals surface area contributed by atoms with Gasteiger partial charge in [-0.3, -0.25) is 43.8 Å². The normalized spacial score (nSPS) is 23.9. The van der Waals surface area contributed by atoms with E-state index in [0.29, 0.717) is 16.7 Å². The van der Waals surface area contributed by atoms with Gasteiger partial charge in [-0.1, -0.05) is 113 Å². The Morgan fingerprint density at radius 3 is 1.44 bits per heavy atom. The monoisotopic (exact) mass is 1000 g/mol. The van der Waals surface area contributed by atoms with Gasteiger partial charge in [0.25, 0.3) is 0 Å². The molecule has 4 rings (SSSR count). The van der Waals surface area contributed by atoms with E-state index in [1.165, 1.54) is 6.92 Å². The minimum Gasteiger partial charge on any atom is -0.480 e. The Kier molecular flexibility index (Phi) is 22.4. The number of aliphatic carboxylic acids is 1. The minimum atomic E-state index is -1.68. The summed E-state index contributed by atoms with van der Waals surface area (Å²) in [5.74, 6) is -9.12. The van der Waals surface area contributed by atoms with Gasteiger partial charge in [0.05, 0.1) is 12.5 Å². The maximum Gasteiger partial charge on any atom is 0.327 e. The van der Waals surface area contributed by atoms with Crippen LogP contribution in [0.4, 0.5) is 0 Å². The molecule has 70 heavy (non-hydrogen) atoms. The van der Waals surface area contributed by atoms with Crippen molar-refractivity contribution >= 4 is 80.8 Å². The summed E-state index contributed by atoms with van der Waals surface area (Å²) in [6, 6.07) is 14.4. The first-order chi connectivity index (χ1) is 33.4. The Labute approximate surface area is 412 Å². The highest BCUT2D eigenvalue weighted by Crippen LogP contribution is 2.23. The molecule has 1 fully saturated rings. The predicted octanol–water partition coefficient (Wildman–Crippen LogP) is -1.93. The maximum atomic E-state index is 14.4. The Morgan fingerprint density at radius 1 is 0.586 bits per heavy atom. The van der Waals surface area contributed by atoms with E-state index in [9.17, 15) is 48.3 Å². The number of carboxylic acid groups (broad SMARTS) is 1. The van der Waals surface area contributed by atoms with Crippen molar-refractivity contribution in [3.8, 4) is 0 Å². The molecule has 0 aromatic heterocycles. The van der Waals surface area contributed by atoms with E-state index in [4.69, 9.17) is 22.6 Å². The molecule has 1 saturated heterocycles. The maximum absolute atomic E-state index is 14.4. The lowest BCUT2D eigenvalue weighted by Gasteiger charge is -2.27. The standard InChI is InChI=1S/C46H60N12O10S2/c1-26-38(60)54-32(20-27-12-5-2-6-13-27)44(66)58-36(45(67)68)25-70-69-24-30(47)39(61)53-31(18-11-19-51-46(49)50)40(62)55-33(21-28-14-7-3-8-15-28)42(64)56-34(22-29-16-9-4-10-17-29)43(65)57-35(23-37(48)59)41(63)52-26/h2-10,12-17,26,30-36H,11,18-25,47H2,1H3,(H2,48,59)(H,52,63)(H,53,61)(H,54,60)(H,55,62)(H,56,64)(H,57,65)(H,58,66)(H,67,68)(H4,49,50,51)/t26-,30-,31-,32-,33-,34-,35-,36-/m0/s1. The van der Waals surface area contributed by atoms with Gasteiger partial charge >= 0.3 is 5.97 Å². The topological polar surface area (TPSA) is 372 Å². The van der Waals surface area contributed by atoms with Crippen LogP contribution in [0.15, 0.2) is 91.0 Å². The van der Waals surface area contributed by atoms with Crippen LogP contribution < -0.4 is 59.7 Å². The molecule has 0 saturated carbocycles. The van der Waals surface area contributed by atoms with Crippen molar-refractivity contribution in [2.75, 3.05) is 18.1 Å². The summed E-state index contributed by atoms with van der Waals surface area (Å²) < 4.78 is 0. The Hall–Kier alpha value is -7.18. The van der Waals surface area contributed by atoms with E-state index < -0.39 is 108 Å². The summed E-state index contributed by atoms with van der Waals surface area (Å²) in [4.78, 5) is 122. The minimum absolute atomic E-state index is 0.0151. The van der Waals surface area contributed by atoms with Crippen molar-refractivity contribution < 1.29 is 48.3 Å². The van der Waals surface area contributed by atoms with Crippen LogP contribution in [0.1, 0.15) is 42.9 Å². The number of rotatable bonds is 13. The first kappa shape index (κ1) is 55.4. The van der Waals surface area contributed by atoms with Gasteiger partial charge in [0.2, 0.25) is 47.3 Å². The number of nitrogens with two attached hydrogens (primary N) is 3. The average Bonchev–Trinajstić information content (AvgIpc) is 3.32. The molecule has 1 aliphatic heterocycles. The average molecular weight is 1010 g/mol. The van der Waals surface area contributed by atoms with Crippen LogP contribution in [-0.2, 0) is 62.4 Å². The number of primary amides is 1. The van der Waals surface area contributed by atoms with Crippen LogP contribution in [0, 0.1) is 5.41 Å². The van der Waals surface area contributed by atoms with Crippen molar-refractivity contribution in [3.63, 3.8) is 0 Å². The van der Waals surface area contributed by atoms with Crippen LogP contribution in [0.2, 0.25) is 0 Å². The summed E-state index contributed by atoms with van der Waals surface area (Å²) >= 11 is 0. The first-order valence-electron chi connectivity index (χ1n) is 22.2. The third-order valence-corrected chi connectivity index (χ3v) is 13.1. The van der Waals surface area contributed by atoms with Gasteiger partial charge < -0.3 is 64.8 Å². The highest BCUT2D eigenvalue weighted by Gasteiger charge is 2.35. The molecule has 3 aromatic rings. The van der Waals surface area contributed by atoms with Crippen molar-refractivity contribution in [2.24, 2.45) is 17.2 Å². The van der Waals surface area contributed by atoms with Gasteiger partial charge in [-0.05, 0) is 36.5 Å². The lowest BCUT2D eigenvalue weighted by Crippen LogP contribution is -2.61. The molecular formula is C46H60N12O10S2. The molecule has 8 amide bonds. The molecule has 3 aromatic carbocycles. The molecule has 22 nitrogen and oxygen atoms in total. The molecule has 0 aliphatic carbocycles. The van der Waals surface area contributed by atoms with Crippen LogP contribution in [0.25, 0.3) is 0 Å². The summed E-state index contributed by atoms with van der Waals surface area (Å²) in [6.45, 7) is 1.43. The van der Waals surface area contributed by atoms with Crippen LogP contribution >= 0.6 is 21.6 Å². The van der Waals surface area contributed by atoms with E-state index in [0.717, 1.165) is 21.6 Å². The van der Waals surface area contributed by atoms with E-state index in [1.54, 1.807) is 91.0 Å². The van der Waals surface area contributed by atoms with Crippen molar-refractivity contribution in [1.29, 1.82) is 5.41 Å². The molecule has 0 spiro atoms. The number of amides is 8. The van der Waals surface area contributed by atoms with Crippen molar-refractivity contribution in [1.82, 2.24) is 42.5 Å². The molecule has 0 radical (unpaired) electrons. The number of guanidine groups is 1. The van der Waals surface area contributed by atoms with Gasteiger partial charge in [0.1, 0.15) is 42.3 Å². The highest BCUT2D eigenvalue weighted by molar-refractivity contribution is 8.76. The van der Waals surface area contributed by atoms with E-state index in [2.05, 4.69) is 42.5 Å². The van der Waals surface area contributed by atoms with Crippen LogP contribution in [-0.4, -0.2) is 131 Å². The first-order valence-corrected chi connectivity index (χ1v) is 24.7. The molecular weight excluding hydrogens is 945 g/mol. The fourth-order valence-electron chi connectivity index (χ4n) is 6.92. The summed E-state index contributed by atoms with van der Waals surface area (Å²) in [7, 11) is 2.02. The number of nitrogens with one attached hydrogen (secondary N) is 9. The van der Waals surface area contributed by atoms with Gasteiger partial charge in [-0.2, -0.15) is 0 Å². The highest BCUT2D eigenvalue weighted by atomic mass is 33.1. The fraction of sp³-hybridized carbons (Fsp3) is 0.391. The molecule has 24 heteroatoms. The molecule has 1 aliphatic rings. The second-order valence-electron chi connectivity index (χ2n) is 16.3. The fourth-order valence-corrected chi connectivity index (χ4v) is 9.20. The van der Waals surface area contributed by atoms with Crippen LogP contribution in [0.3, 0.4) is 0 Å². The number of hydrogen-bond donors (Lipinski definition) is 13. The number of carbonyl (C=O) groups is 9. The molecule has 1 heterocycles. The molecule has 0 unspecified atom stereocenters. The number of carbonyl (C=O) groups excluding carboxylic acids is 8. The molecule has 376 valence electrons. The number of carboxylic acids is 1.